The van der Waals surface area contributed by atoms with Gasteiger partial charge < -0.3 is 10.2 Å². The minimum absolute atomic E-state index is 0.316. The van der Waals surface area contributed by atoms with Crippen LogP contribution >= 0.6 is 0 Å². The highest BCUT2D eigenvalue weighted by molar-refractivity contribution is 5.76. The Morgan fingerprint density at radius 1 is 0.962 bits per heavy atom. The van der Waals surface area contributed by atoms with Crippen molar-refractivity contribution in [2.45, 2.75) is 38.1 Å². The number of hydrogen-bond donors (Lipinski definition) is 1. The molecule has 0 aromatic heterocycles. The molecule has 0 unspecified atom stereocenters. The summed E-state index contributed by atoms with van der Waals surface area (Å²) in [6, 6.07) is 21.7. The molecule has 26 heavy (non-hydrogen) atoms. The number of rotatable bonds is 7. The van der Waals surface area contributed by atoms with Crippen molar-refractivity contribution >= 4 is 5.91 Å². The molecule has 1 aliphatic heterocycles. The first-order valence-corrected chi connectivity index (χ1v) is 9.77. The minimum Gasteiger partial charge on any atom is -0.343 e. The van der Waals surface area contributed by atoms with E-state index in [1.54, 1.807) is 0 Å². The zero-order valence-electron chi connectivity index (χ0n) is 15.7. The van der Waals surface area contributed by atoms with Gasteiger partial charge in [0.05, 0.1) is 0 Å². The highest BCUT2D eigenvalue weighted by Crippen LogP contribution is 2.21. The predicted octanol–water partition coefficient (Wildman–Crippen LogP) is 3.69. The topological polar surface area (TPSA) is 32.3 Å². The highest BCUT2D eigenvalue weighted by Gasteiger charge is 2.24. The Balaban J connectivity index is 1.63. The summed E-state index contributed by atoms with van der Waals surface area (Å²) in [7, 11) is 2.01. The summed E-state index contributed by atoms with van der Waals surface area (Å²) in [6.45, 7) is 1.77. The van der Waals surface area contributed by atoms with Crippen LogP contribution in [0.3, 0.4) is 0 Å². The molecule has 0 aliphatic carbocycles. The van der Waals surface area contributed by atoms with E-state index in [4.69, 9.17) is 0 Å². The number of benzene rings is 2. The molecule has 2 aromatic rings. The molecule has 3 nitrogen and oxygen atoms in total. The van der Waals surface area contributed by atoms with Gasteiger partial charge in [-0.05, 0) is 49.8 Å². The summed E-state index contributed by atoms with van der Waals surface area (Å²) < 4.78 is 0. The minimum atomic E-state index is 0.316. The van der Waals surface area contributed by atoms with Gasteiger partial charge >= 0.3 is 0 Å². The number of nitrogens with zero attached hydrogens (tertiary/aromatic N) is 1. The molecule has 3 heteroatoms. The van der Waals surface area contributed by atoms with E-state index in [1.807, 2.05) is 19.2 Å². The molecule has 2 aromatic carbocycles. The average Bonchev–Trinajstić information content (AvgIpc) is 2.69. The molecule has 1 fully saturated rings. The van der Waals surface area contributed by atoms with E-state index in [0.717, 1.165) is 38.8 Å². The van der Waals surface area contributed by atoms with Crippen molar-refractivity contribution in [1.82, 2.24) is 10.2 Å². The quantitative estimate of drug-likeness (QED) is 0.826. The third kappa shape index (κ3) is 5.43. The standard InChI is InChI=1S/C23H30N2O/c1-24-22-12-14-25(15-13-22)23(26)18-21(16-19-8-4-2-5-9-19)17-20-10-6-3-7-11-20/h2-11,21-22,24H,12-18H2,1H3. The van der Waals surface area contributed by atoms with E-state index >= 15 is 0 Å². The Hall–Kier alpha value is -2.13. The van der Waals surface area contributed by atoms with Gasteiger partial charge in [-0.3, -0.25) is 4.79 Å². The molecule has 1 aliphatic rings. The molecule has 1 N–H and O–H groups in total. The van der Waals surface area contributed by atoms with Crippen LogP contribution in [0.25, 0.3) is 0 Å². The van der Waals surface area contributed by atoms with Crippen molar-refractivity contribution in [2.24, 2.45) is 5.92 Å². The van der Waals surface area contributed by atoms with E-state index in [-0.39, 0.29) is 0 Å². The fourth-order valence-corrected chi connectivity index (χ4v) is 3.90. The van der Waals surface area contributed by atoms with Crippen LogP contribution in [0.15, 0.2) is 60.7 Å². The van der Waals surface area contributed by atoms with Gasteiger partial charge in [-0.1, -0.05) is 60.7 Å². The molecule has 0 saturated carbocycles. The number of hydrogen-bond acceptors (Lipinski definition) is 2. The van der Waals surface area contributed by atoms with Gasteiger partial charge in [-0.25, -0.2) is 0 Å². The second kappa shape index (κ2) is 9.54. The van der Waals surface area contributed by atoms with Crippen molar-refractivity contribution in [2.75, 3.05) is 20.1 Å². The molecule has 0 atom stereocenters. The average molecular weight is 351 g/mol. The van der Waals surface area contributed by atoms with Crippen molar-refractivity contribution in [3.63, 3.8) is 0 Å². The molecule has 0 spiro atoms. The summed E-state index contributed by atoms with van der Waals surface area (Å²) >= 11 is 0. The van der Waals surface area contributed by atoms with Gasteiger partial charge in [0.15, 0.2) is 0 Å². The van der Waals surface area contributed by atoms with Crippen LogP contribution in [0.2, 0.25) is 0 Å². The van der Waals surface area contributed by atoms with Gasteiger partial charge in [0.2, 0.25) is 5.91 Å². The van der Waals surface area contributed by atoms with Gasteiger partial charge in [-0.15, -0.1) is 0 Å². The van der Waals surface area contributed by atoms with Crippen LogP contribution in [0.5, 0.6) is 0 Å². The number of amides is 1. The Labute approximate surface area is 157 Å². The predicted molar refractivity (Wildman–Crippen MR) is 107 cm³/mol. The Morgan fingerprint density at radius 3 is 1.92 bits per heavy atom. The summed E-state index contributed by atoms with van der Waals surface area (Å²) in [6.07, 6.45) is 4.66. The van der Waals surface area contributed by atoms with Crippen LogP contribution < -0.4 is 5.32 Å². The molecule has 0 radical (unpaired) electrons. The van der Waals surface area contributed by atoms with Gasteiger partial charge in [0, 0.05) is 25.6 Å². The van der Waals surface area contributed by atoms with E-state index in [2.05, 4.69) is 58.7 Å². The zero-order chi connectivity index (χ0) is 18.2. The monoisotopic (exact) mass is 350 g/mol. The van der Waals surface area contributed by atoms with Crippen LogP contribution in [0.1, 0.15) is 30.4 Å². The van der Waals surface area contributed by atoms with Crippen molar-refractivity contribution in [1.29, 1.82) is 0 Å². The maximum absolute atomic E-state index is 12.9. The lowest BCUT2D eigenvalue weighted by Gasteiger charge is -2.33. The van der Waals surface area contributed by atoms with Gasteiger partial charge in [0.25, 0.3) is 0 Å². The van der Waals surface area contributed by atoms with Gasteiger partial charge in [0.1, 0.15) is 0 Å². The Kier molecular flexibility index (Phi) is 6.84. The molecule has 1 amide bonds. The fourth-order valence-electron chi connectivity index (χ4n) is 3.90. The third-order valence-corrected chi connectivity index (χ3v) is 5.45. The van der Waals surface area contributed by atoms with E-state index in [0.29, 0.717) is 24.3 Å². The molecular weight excluding hydrogens is 320 g/mol. The van der Waals surface area contributed by atoms with Crippen LogP contribution in [-0.4, -0.2) is 37.0 Å². The highest BCUT2D eigenvalue weighted by atomic mass is 16.2. The molecule has 138 valence electrons. The summed E-state index contributed by atoms with van der Waals surface area (Å²) in [4.78, 5) is 15.0. The number of carbonyl (C=O) groups is 1. The lowest BCUT2D eigenvalue weighted by atomic mass is 9.89. The largest absolute Gasteiger partial charge is 0.343 e. The summed E-state index contributed by atoms with van der Waals surface area (Å²) in [5.74, 6) is 0.658. The number of likely N-dealkylation sites (tertiary alicyclic amines) is 1. The third-order valence-electron chi connectivity index (χ3n) is 5.45. The first-order valence-electron chi connectivity index (χ1n) is 9.77. The molecule has 1 saturated heterocycles. The van der Waals surface area contributed by atoms with E-state index in [9.17, 15) is 4.79 Å². The SMILES string of the molecule is CNC1CCN(C(=O)CC(Cc2ccccc2)Cc2ccccc2)CC1. The lowest BCUT2D eigenvalue weighted by molar-refractivity contribution is -0.133. The van der Waals surface area contributed by atoms with Crippen LogP contribution in [-0.2, 0) is 17.6 Å². The maximum atomic E-state index is 12.9. The van der Waals surface area contributed by atoms with Gasteiger partial charge in [-0.2, -0.15) is 0 Å². The molecule has 0 bridgehead atoms. The lowest BCUT2D eigenvalue weighted by Crippen LogP contribution is -2.44. The zero-order valence-corrected chi connectivity index (χ0v) is 15.7. The van der Waals surface area contributed by atoms with Crippen molar-refractivity contribution < 1.29 is 4.79 Å². The van der Waals surface area contributed by atoms with E-state index < -0.39 is 0 Å². The van der Waals surface area contributed by atoms with Crippen molar-refractivity contribution in [3.05, 3.63) is 71.8 Å². The fraction of sp³-hybridized carbons (Fsp3) is 0.435. The first-order chi connectivity index (χ1) is 12.7. The summed E-state index contributed by atoms with van der Waals surface area (Å²) in [5.41, 5.74) is 2.63. The molecule has 3 rings (SSSR count). The summed E-state index contributed by atoms with van der Waals surface area (Å²) in [5, 5.41) is 3.33. The van der Waals surface area contributed by atoms with Crippen LogP contribution in [0.4, 0.5) is 0 Å². The van der Waals surface area contributed by atoms with Crippen molar-refractivity contribution in [3.8, 4) is 0 Å². The second-order valence-corrected chi connectivity index (χ2v) is 7.39. The molecular formula is C23H30N2O. The molecule has 1 heterocycles. The Morgan fingerprint density at radius 2 is 1.46 bits per heavy atom. The van der Waals surface area contributed by atoms with Crippen LogP contribution in [0, 0.1) is 5.92 Å². The first kappa shape index (κ1) is 18.7. The number of nitrogens with one attached hydrogen (secondary N) is 1. The second-order valence-electron chi connectivity index (χ2n) is 7.39. The smallest absolute Gasteiger partial charge is 0.222 e. The Bertz CT molecular complexity index is 622. The number of piperidine rings is 1. The number of carbonyl (C=O) groups excluding carboxylic acids is 1. The normalized spacial score (nSPS) is 15.4. The maximum Gasteiger partial charge on any atom is 0.222 e. The van der Waals surface area contributed by atoms with E-state index in [1.165, 1.54) is 11.1 Å².